The van der Waals surface area contributed by atoms with Gasteiger partial charge in [-0.1, -0.05) is 24.3 Å². The Morgan fingerprint density at radius 1 is 1.06 bits per heavy atom. The number of para-hydroxylation sites is 1. The van der Waals surface area contributed by atoms with Crippen LogP contribution in [0.4, 0.5) is 21.5 Å². The summed E-state index contributed by atoms with van der Waals surface area (Å²) in [7, 11) is 0. The summed E-state index contributed by atoms with van der Waals surface area (Å²) in [5.41, 5.74) is 8.29. The van der Waals surface area contributed by atoms with Crippen molar-refractivity contribution in [1.82, 2.24) is 0 Å². The van der Waals surface area contributed by atoms with E-state index in [2.05, 4.69) is 5.32 Å². The van der Waals surface area contributed by atoms with Gasteiger partial charge in [-0.25, -0.2) is 4.39 Å². The van der Waals surface area contributed by atoms with Gasteiger partial charge in [-0.2, -0.15) is 0 Å². The smallest absolute Gasteiger partial charge is 0.148 e. The van der Waals surface area contributed by atoms with Gasteiger partial charge in [0.2, 0.25) is 0 Å². The minimum Gasteiger partial charge on any atom is -0.395 e. The van der Waals surface area contributed by atoms with Gasteiger partial charge in [0, 0.05) is 5.69 Å². The second kappa shape index (κ2) is 4.23. The van der Waals surface area contributed by atoms with Crippen molar-refractivity contribution in [1.29, 1.82) is 0 Å². The number of nitrogen functional groups attached to an aromatic ring is 1. The van der Waals surface area contributed by atoms with E-state index >= 15 is 0 Å². The lowest BCUT2D eigenvalue weighted by molar-refractivity contribution is 0.632. The summed E-state index contributed by atoms with van der Waals surface area (Å²) >= 11 is 0. The molecule has 0 aromatic heterocycles. The molecule has 3 heteroatoms. The van der Waals surface area contributed by atoms with Crippen molar-refractivity contribution in [3.05, 3.63) is 53.8 Å². The molecule has 82 valence electrons. The molecule has 0 amide bonds. The van der Waals surface area contributed by atoms with E-state index in [1.165, 1.54) is 6.07 Å². The lowest BCUT2D eigenvalue weighted by atomic mass is 10.1. The number of benzene rings is 2. The van der Waals surface area contributed by atoms with E-state index in [4.69, 9.17) is 5.73 Å². The fourth-order valence-electron chi connectivity index (χ4n) is 1.53. The predicted octanol–water partition coefficient (Wildman–Crippen LogP) is 3.46. The zero-order chi connectivity index (χ0) is 11.5. The van der Waals surface area contributed by atoms with Crippen LogP contribution in [0.25, 0.3) is 0 Å². The molecule has 0 aliphatic carbocycles. The van der Waals surface area contributed by atoms with Gasteiger partial charge in [0.1, 0.15) is 5.82 Å². The second-order valence-electron chi connectivity index (χ2n) is 3.64. The lowest BCUT2D eigenvalue weighted by Gasteiger charge is -2.12. The molecule has 2 rings (SSSR count). The molecule has 2 nitrogen and oxygen atoms in total. The molecule has 0 aliphatic rings. The fourth-order valence-corrected chi connectivity index (χ4v) is 1.53. The number of rotatable bonds is 2. The molecule has 0 spiro atoms. The first kappa shape index (κ1) is 10.5. The van der Waals surface area contributed by atoms with E-state index in [0.29, 0.717) is 5.69 Å². The molecule has 0 unspecified atom stereocenters. The molecule has 0 bridgehead atoms. The van der Waals surface area contributed by atoms with Gasteiger partial charge in [0.05, 0.1) is 11.4 Å². The van der Waals surface area contributed by atoms with Crippen LogP contribution in [0, 0.1) is 12.7 Å². The summed E-state index contributed by atoms with van der Waals surface area (Å²) in [6.45, 7) is 1.89. The van der Waals surface area contributed by atoms with Crippen LogP contribution in [0.2, 0.25) is 0 Å². The van der Waals surface area contributed by atoms with Crippen LogP contribution >= 0.6 is 0 Å². The van der Waals surface area contributed by atoms with Crippen LogP contribution < -0.4 is 11.1 Å². The standard InChI is InChI=1S/C13H13FN2/c1-9-7-8-11(14)12(15)13(9)16-10-5-3-2-4-6-10/h2-8,16H,15H2,1H3. The summed E-state index contributed by atoms with van der Waals surface area (Å²) in [6, 6.07) is 12.6. The summed E-state index contributed by atoms with van der Waals surface area (Å²) in [4.78, 5) is 0. The number of hydrogen-bond donors (Lipinski definition) is 2. The molecule has 0 atom stereocenters. The highest BCUT2D eigenvalue weighted by Crippen LogP contribution is 2.28. The first-order valence-electron chi connectivity index (χ1n) is 5.05. The Bertz CT molecular complexity index is 495. The van der Waals surface area contributed by atoms with Crippen molar-refractivity contribution in [3.63, 3.8) is 0 Å². The lowest BCUT2D eigenvalue weighted by Crippen LogP contribution is -2.01. The van der Waals surface area contributed by atoms with Gasteiger partial charge >= 0.3 is 0 Å². The Morgan fingerprint density at radius 2 is 1.75 bits per heavy atom. The summed E-state index contributed by atoms with van der Waals surface area (Å²) in [5, 5.41) is 3.12. The summed E-state index contributed by atoms with van der Waals surface area (Å²) < 4.78 is 13.3. The molecule has 2 aromatic rings. The zero-order valence-electron chi connectivity index (χ0n) is 9.00. The number of halogens is 1. The first-order chi connectivity index (χ1) is 7.68. The molecule has 16 heavy (non-hydrogen) atoms. The summed E-state index contributed by atoms with van der Waals surface area (Å²) in [6.07, 6.45) is 0. The Hall–Kier alpha value is -2.03. The highest BCUT2D eigenvalue weighted by molar-refractivity contribution is 5.76. The predicted molar refractivity (Wildman–Crippen MR) is 65.3 cm³/mol. The average molecular weight is 216 g/mol. The normalized spacial score (nSPS) is 10.1. The van der Waals surface area contributed by atoms with Crippen LogP contribution in [0.3, 0.4) is 0 Å². The van der Waals surface area contributed by atoms with Crippen molar-refractivity contribution in [2.75, 3.05) is 11.1 Å². The Kier molecular flexibility index (Phi) is 2.77. The van der Waals surface area contributed by atoms with Crippen LogP contribution in [-0.2, 0) is 0 Å². The third-order valence-corrected chi connectivity index (χ3v) is 2.44. The van der Waals surface area contributed by atoms with Crippen molar-refractivity contribution < 1.29 is 4.39 Å². The molecule has 2 aromatic carbocycles. The van der Waals surface area contributed by atoms with Crippen molar-refractivity contribution in [2.45, 2.75) is 6.92 Å². The van der Waals surface area contributed by atoms with E-state index in [1.54, 1.807) is 6.07 Å². The zero-order valence-corrected chi connectivity index (χ0v) is 9.00. The second-order valence-corrected chi connectivity index (χ2v) is 3.64. The topological polar surface area (TPSA) is 38.0 Å². The van der Waals surface area contributed by atoms with Crippen molar-refractivity contribution >= 4 is 17.1 Å². The average Bonchev–Trinajstić information content (AvgIpc) is 2.31. The quantitative estimate of drug-likeness (QED) is 0.754. The maximum atomic E-state index is 13.3. The van der Waals surface area contributed by atoms with E-state index < -0.39 is 5.82 Å². The Balaban J connectivity index is 2.38. The van der Waals surface area contributed by atoms with E-state index in [9.17, 15) is 4.39 Å². The maximum Gasteiger partial charge on any atom is 0.148 e. The van der Waals surface area contributed by atoms with E-state index in [0.717, 1.165) is 11.3 Å². The number of aryl methyl sites for hydroxylation is 1. The Morgan fingerprint density at radius 3 is 2.44 bits per heavy atom. The minimum atomic E-state index is -0.399. The largest absolute Gasteiger partial charge is 0.395 e. The molecule has 0 heterocycles. The van der Waals surface area contributed by atoms with Crippen LogP contribution in [-0.4, -0.2) is 0 Å². The van der Waals surface area contributed by atoms with Gasteiger partial charge in [-0.05, 0) is 30.7 Å². The molecule has 3 N–H and O–H groups in total. The number of anilines is 3. The third kappa shape index (κ3) is 1.98. The summed E-state index contributed by atoms with van der Waals surface area (Å²) in [5.74, 6) is -0.399. The number of nitrogens with one attached hydrogen (secondary N) is 1. The third-order valence-electron chi connectivity index (χ3n) is 2.44. The van der Waals surface area contributed by atoms with Gasteiger partial charge in [0.15, 0.2) is 0 Å². The first-order valence-corrected chi connectivity index (χ1v) is 5.05. The highest BCUT2D eigenvalue weighted by atomic mass is 19.1. The minimum absolute atomic E-state index is 0.156. The highest BCUT2D eigenvalue weighted by Gasteiger charge is 2.07. The van der Waals surface area contributed by atoms with Crippen molar-refractivity contribution in [2.24, 2.45) is 0 Å². The monoisotopic (exact) mass is 216 g/mol. The molecule has 0 saturated heterocycles. The van der Waals surface area contributed by atoms with Crippen molar-refractivity contribution in [3.8, 4) is 0 Å². The van der Waals surface area contributed by atoms with Gasteiger partial charge in [-0.15, -0.1) is 0 Å². The SMILES string of the molecule is Cc1ccc(F)c(N)c1Nc1ccccc1. The van der Waals surface area contributed by atoms with Gasteiger partial charge < -0.3 is 11.1 Å². The van der Waals surface area contributed by atoms with E-state index in [1.807, 2.05) is 37.3 Å². The Labute approximate surface area is 93.9 Å². The fraction of sp³-hybridized carbons (Fsp3) is 0.0769. The van der Waals surface area contributed by atoms with Crippen LogP contribution in [0.15, 0.2) is 42.5 Å². The van der Waals surface area contributed by atoms with E-state index in [-0.39, 0.29) is 5.69 Å². The molecule has 0 saturated carbocycles. The maximum absolute atomic E-state index is 13.3. The molecule has 0 radical (unpaired) electrons. The molecule has 0 aliphatic heterocycles. The number of hydrogen-bond acceptors (Lipinski definition) is 2. The molecule has 0 fully saturated rings. The van der Waals surface area contributed by atoms with Gasteiger partial charge in [-0.3, -0.25) is 0 Å². The van der Waals surface area contributed by atoms with Gasteiger partial charge in [0.25, 0.3) is 0 Å². The molecular formula is C13H13FN2. The van der Waals surface area contributed by atoms with Crippen LogP contribution in [0.1, 0.15) is 5.56 Å². The number of nitrogens with two attached hydrogens (primary N) is 1. The van der Waals surface area contributed by atoms with Crippen LogP contribution in [0.5, 0.6) is 0 Å². The molecular weight excluding hydrogens is 203 g/mol.